The van der Waals surface area contributed by atoms with Crippen molar-refractivity contribution in [2.45, 2.75) is 51.1 Å². The zero-order chi connectivity index (χ0) is 28.4. The normalized spacial score (nSPS) is 17.2. The van der Waals surface area contributed by atoms with Gasteiger partial charge in [0.1, 0.15) is 12.7 Å². The predicted octanol–water partition coefficient (Wildman–Crippen LogP) is 5.72. The second-order valence-electron chi connectivity index (χ2n) is 10.6. The summed E-state index contributed by atoms with van der Waals surface area (Å²) in [4.78, 5) is 26.7. The van der Waals surface area contributed by atoms with Gasteiger partial charge in [-0.1, -0.05) is 57.2 Å². The highest BCUT2D eigenvalue weighted by atomic mass is 19.4. The van der Waals surface area contributed by atoms with Gasteiger partial charge in [-0.3, -0.25) is 9.59 Å². The topological polar surface area (TPSA) is 78.9 Å². The standard InChI is InChI=1S/C30H31F3N2O4/c1-29(2,3)22-12-6-21(7-13-22)28(38)34-24-14-8-20(9-15-24)27(37)25-17-39-18-26(36)35(25)16-19-4-10-23(11-5-19)30(31,32)33/h4-15,25,27,37H,16-18H2,1-3H3,(H,34,38)/t25-,27-/m1/s1. The number of nitrogens with one attached hydrogen (secondary N) is 1. The Morgan fingerprint density at radius 2 is 1.56 bits per heavy atom. The SMILES string of the molecule is CC(C)(C)c1ccc(C(=O)Nc2ccc([C@@H](O)[C@H]3COCC(=O)N3Cc3ccc(C(F)(F)F)cc3)cc2)cc1. The van der Waals surface area contributed by atoms with Crippen LogP contribution in [0.25, 0.3) is 0 Å². The van der Waals surface area contributed by atoms with Gasteiger partial charge in [-0.15, -0.1) is 0 Å². The van der Waals surface area contributed by atoms with Crippen LogP contribution < -0.4 is 5.32 Å². The van der Waals surface area contributed by atoms with E-state index in [-0.39, 0.29) is 37.0 Å². The average molecular weight is 541 g/mol. The van der Waals surface area contributed by atoms with E-state index in [0.29, 0.717) is 22.4 Å². The highest BCUT2D eigenvalue weighted by Crippen LogP contribution is 2.31. The molecule has 0 aromatic heterocycles. The van der Waals surface area contributed by atoms with Crippen LogP contribution in [0.1, 0.15) is 59.5 Å². The first kappa shape index (κ1) is 28.3. The van der Waals surface area contributed by atoms with Gasteiger partial charge in [0.05, 0.1) is 18.2 Å². The lowest BCUT2D eigenvalue weighted by Gasteiger charge is -2.38. The zero-order valence-corrected chi connectivity index (χ0v) is 22.0. The molecule has 1 aliphatic heterocycles. The molecule has 1 aliphatic rings. The number of alkyl halides is 3. The van der Waals surface area contributed by atoms with Gasteiger partial charge in [0.25, 0.3) is 5.91 Å². The van der Waals surface area contributed by atoms with E-state index in [1.165, 1.54) is 17.0 Å². The van der Waals surface area contributed by atoms with Crippen molar-refractivity contribution in [1.82, 2.24) is 4.90 Å². The Bertz CT molecular complexity index is 1300. The molecule has 1 saturated heterocycles. The summed E-state index contributed by atoms with van der Waals surface area (Å²) in [6.07, 6.45) is -5.56. The number of carbonyl (C=O) groups is 2. The van der Waals surface area contributed by atoms with E-state index in [9.17, 15) is 27.9 Å². The summed E-state index contributed by atoms with van der Waals surface area (Å²) >= 11 is 0. The number of amides is 2. The summed E-state index contributed by atoms with van der Waals surface area (Å²) in [5.41, 5.74) is 2.39. The number of anilines is 1. The number of hydrogen-bond donors (Lipinski definition) is 2. The lowest BCUT2D eigenvalue weighted by Crippen LogP contribution is -2.51. The van der Waals surface area contributed by atoms with Crippen molar-refractivity contribution in [3.63, 3.8) is 0 Å². The lowest BCUT2D eigenvalue weighted by atomic mass is 9.87. The molecule has 0 spiro atoms. The van der Waals surface area contributed by atoms with Crippen molar-refractivity contribution in [3.8, 4) is 0 Å². The minimum absolute atomic E-state index is 0.0209. The number of carbonyl (C=O) groups excluding carboxylic acids is 2. The summed E-state index contributed by atoms with van der Waals surface area (Å²) in [5.74, 6) is -0.635. The second-order valence-corrected chi connectivity index (χ2v) is 10.6. The zero-order valence-electron chi connectivity index (χ0n) is 22.0. The fourth-order valence-corrected chi connectivity index (χ4v) is 4.40. The first-order chi connectivity index (χ1) is 18.3. The number of aliphatic hydroxyl groups is 1. The molecule has 206 valence electrons. The van der Waals surface area contributed by atoms with Gasteiger partial charge in [0.15, 0.2) is 0 Å². The van der Waals surface area contributed by atoms with E-state index in [1.807, 2.05) is 12.1 Å². The van der Waals surface area contributed by atoms with Crippen molar-refractivity contribution in [2.24, 2.45) is 0 Å². The maximum Gasteiger partial charge on any atom is 0.416 e. The number of morpholine rings is 1. The molecule has 0 unspecified atom stereocenters. The molecule has 9 heteroatoms. The molecule has 1 fully saturated rings. The van der Waals surface area contributed by atoms with Crippen LogP contribution in [0.4, 0.5) is 18.9 Å². The number of rotatable bonds is 6. The molecule has 0 saturated carbocycles. The molecule has 2 atom stereocenters. The van der Waals surface area contributed by atoms with Crippen LogP contribution in [-0.2, 0) is 27.7 Å². The van der Waals surface area contributed by atoms with Crippen LogP contribution >= 0.6 is 0 Å². The Kier molecular flexibility index (Phi) is 8.13. The van der Waals surface area contributed by atoms with Crippen LogP contribution in [-0.4, -0.2) is 41.1 Å². The fraction of sp³-hybridized carbons (Fsp3) is 0.333. The Labute approximate surface area is 225 Å². The number of benzene rings is 3. The van der Waals surface area contributed by atoms with E-state index >= 15 is 0 Å². The summed E-state index contributed by atoms with van der Waals surface area (Å²) < 4.78 is 44.1. The van der Waals surface area contributed by atoms with E-state index in [1.54, 1.807) is 36.4 Å². The largest absolute Gasteiger partial charge is 0.416 e. The van der Waals surface area contributed by atoms with E-state index in [2.05, 4.69) is 26.1 Å². The summed E-state index contributed by atoms with van der Waals surface area (Å²) in [6, 6.07) is 17.9. The minimum atomic E-state index is -4.45. The molecule has 0 radical (unpaired) electrons. The van der Waals surface area contributed by atoms with Crippen LogP contribution in [0.15, 0.2) is 72.8 Å². The summed E-state index contributed by atoms with van der Waals surface area (Å²) in [6.45, 7) is 6.22. The Balaban J connectivity index is 1.43. The smallest absolute Gasteiger partial charge is 0.386 e. The van der Waals surface area contributed by atoms with Crippen molar-refractivity contribution in [1.29, 1.82) is 0 Å². The highest BCUT2D eigenvalue weighted by Gasteiger charge is 2.35. The molecule has 2 N–H and O–H groups in total. The third-order valence-electron chi connectivity index (χ3n) is 6.76. The number of hydrogen-bond acceptors (Lipinski definition) is 4. The summed E-state index contributed by atoms with van der Waals surface area (Å²) in [5, 5.41) is 13.9. The van der Waals surface area contributed by atoms with Gasteiger partial charge < -0.3 is 20.1 Å². The quantitative estimate of drug-likeness (QED) is 0.420. The van der Waals surface area contributed by atoms with Gasteiger partial charge in [-0.25, -0.2) is 0 Å². The average Bonchev–Trinajstić information content (AvgIpc) is 2.89. The van der Waals surface area contributed by atoms with Crippen molar-refractivity contribution >= 4 is 17.5 Å². The Morgan fingerprint density at radius 3 is 2.13 bits per heavy atom. The van der Waals surface area contributed by atoms with Gasteiger partial charge >= 0.3 is 6.18 Å². The van der Waals surface area contributed by atoms with E-state index in [4.69, 9.17) is 4.74 Å². The first-order valence-corrected chi connectivity index (χ1v) is 12.6. The molecule has 4 rings (SSSR count). The maximum absolute atomic E-state index is 12.9. The first-order valence-electron chi connectivity index (χ1n) is 12.6. The maximum atomic E-state index is 12.9. The molecule has 0 bridgehead atoms. The van der Waals surface area contributed by atoms with Crippen LogP contribution in [0.3, 0.4) is 0 Å². The molecule has 6 nitrogen and oxygen atoms in total. The number of halogens is 3. The van der Waals surface area contributed by atoms with Crippen molar-refractivity contribution in [2.75, 3.05) is 18.5 Å². The van der Waals surface area contributed by atoms with E-state index in [0.717, 1.165) is 17.7 Å². The van der Waals surface area contributed by atoms with Gasteiger partial charge in [-0.2, -0.15) is 13.2 Å². The molecule has 2 amide bonds. The molecule has 39 heavy (non-hydrogen) atoms. The molecule has 3 aromatic rings. The monoisotopic (exact) mass is 540 g/mol. The Hall–Kier alpha value is -3.69. The molecule has 3 aromatic carbocycles. The van der Waals surface area contributed by atoms with Gasteiger partial charge in [-0.05, 0) is 58.5 Å². The molecular weight excluding hydrogens is 509 g/mol. The molecule has 0 aliphatic carbocycles. The number of aliphatic hydroxyl groups excluding tert-OH is 1. The van der Waals surface area contributed by atoms with Gasteiger partial charge in [0.2, 0.25) is 5.91 Å². The second kappa shape index (κ2) is 11.2. The van der Waals surface area contributed by atoms with Gasteiger partial charge in [0, 0.05) is 17.8 Å². The fourth-order valence-electron chi connectivity index (χ4n) is 4.40. The number of nitrogens with zero attached hydrogens (tertiary/aromatic N) is 1. The molecule has 1 heterocycles. The number of ether oxygens (including phenoxy) is 1. The van der Waals surface area contributed by atoms with Crippen LogP contribution in [0, 0.1) is 0 Å². The minimum Gasteiger partial charge on any atom is -0.386 e. The Morgan fingerprint density at radius 1 is 0.974 bits per heavy atom. The predicted molar refractivity (Wildman–Crippen MR) is 141 cm³/mol. The molecular formula is C30H31F3N2O4. The lowest BCUT2D eigenvalue weighted by molar-refractivity contribution is -0.155. The third kappa shape index (κ3) is 6.85. The highest BCUT2D eigenvalue weighted by molar-refractivity contribution is 6.04. The third-order valence-corrected chi connectivity index (χ3v) is 6.76. The van der Waals surface area contributed by atoms with Crippen LogP contribution in [0.5, 0.6) is 0 Å². The van der Waals surface area contributed by atoms with Crippen molar-refractivity contribution in [3.05, 3.63) is 101 Å². The van der Waals surface area contributed by atoms with E-state index < -0.39 is 23.9 Å². The van der Waals surface area contributed by atoms with Crippen LogP contribution in [0.2, 0.25) is 0 Å². The summed E-state index contributed by atoms with van der Waals surface area (Å²) in [7, 11) is 0. The van der Waals surface area contributed by atoms with Crippen molar-refractivity contribution < 1.29 is 32.6 Å².